The zero-order valence-electron chi connectivity index (χ0n) is 22.3. The van der Waals surface area contributed by atoms with Gasteiger partial charge < -0.3 is 15.0 Å². The summed E-state index contributed by atoms with van der Waals surface area (Å²) < 4.78 is 21.5. The largest absolute Gasteiger partial charge is 0.483 e. The molecule has 0 heterocycles. The minimum atomic E-state index is -0.887. The van der Waals surface area contributed by atoms with Crippen molar-refractivity contribution in [2.75, 3.05) is 6.61 Å². The van der Waals surface area contributed by atoms with Crippen LogP contribution in [0.2, 0.25) is 0 Å². The Hall–Kier alpha value is -3.71. The molecule has 0 fully saturated rings. The van der Waals surface area contributed by atoms with Crippen molar-refractivity contribution in [1.82, 2.24) is 10.2 Å². The van der Waals surface area contributed by atoms with E-state index in [9.17, 15) is 14.0 Å². The zero-order chi connectivity index (χ0) is 28.0. The van der Waals surface area contributed by atoms with Crippen LogP contribution < -0.4 is 10.1 Å². The van der Waals surface area contributed by atoms with Gasteiger partial charge in [0, 0.05) is 24.1 Å². The first-order chi connectivity index (χ1) is 18.6. The standard InChI is InChI=1S/C32H32BrFN2O3/c1-32(2,3)35-31(38)27(19-22-11-5-4-6-12-22)36(20-24-14-8-10-16-26(24)34)29(37)21-39-28-18-17-23-13-7-9-15-25(23)30(28)33/h4-18,27H,19-21H2,1-3H3,(H,35,38). The van der Waals surface area contributed by atoms with Gasteiger partial charge in [-0.2, -0.15) is 0 Å². The van der Waals surface area contributed by atoms with Crippen molar-refractivity contribution in [3.63, 3.8) is 0 Å². The molecular formula is C32H32BrFN2O3. The summed E-state index contributed by atoms with van der Waals surface area (Å²) in [6.07, 6.45) is 0.266. The van der Waals surface area contributed by atoms with Crippen molar-refractivity contribution in [1.29, 1.82) is 0 Å². The van der Waals surface area contributed by atoms with Crippen molar-refractivity contribution in [3.8, 4) is 5.75 Å². The average molecular weight is 592 g/mol. The third-order valence-electron chi connectivity index (χ3n) is 6.25. The number of amides is 2. The summed E-state index contributed by atoms with van der Waals surface area (Å²) in [5, 5.41) is 4.99. The molecule has 0 bridgehead atoms. The first-order valence-electron chi connectivity index (χ1n) is 12.8. The van der Waals surface area contributed by atoms with E-state index in [1.165, 1.54) is 11.0 Å². The fourth-order valence-corrected chi connectivity index (χ4v) is 4.97. The SMILES string of the molecule is CC(C)(C)NC(=O)C(Cc1ccccc1)N(Cc1ccccc1F)C(=O)COc1ccc2ccccc2c1Br. The molecule has 39 heavy (non-hydrogen) atoms. The average Bonchev–Trinajstić information content (AvgIpc) is 2.91. The van der Waals surface area contributed by atoms with E-state index in [0.717, 1.165) is 20.8 Å². The third-order valence-corrected chi connectivity index (χ3v) is 7.06. The normalized spacial score (nSPS) is 12.1. The highest BCUT2D eigenvalue weighted by Gasteiger charge is 2.33. The van der Waals surface area contributed by atoms with E-state index in [-0.39, 0.29) is 25.5 Å². The zero-order valence-corrected chi connectivity index (χ0v) is 23.9. The molecule has 0 aliphatic carbocycles. The first-order valence-corrected chi connectivity index (χ1v) is 13.6. The molecule has 1 unspecified atom stereocenters. The summed E-state index contributed by atoms with van der Waals surface area (Å²) in [4.78, 5) is 28.8. The lowest BCUT2D eigenvalue weighted by Gasteiger charge is -2.33. The molecule has 0 aliphatic rings. The summed E-state index contributed by atoms with van der Waals surface area (Å²) >= 11 is 3.60. The highest BCUT2D eigenvalue weighted by Crippen LogP contribution is 2.33. The van der Waals surface area contributed by atoms with Crippen LogP contribution in [0, 0.1) is 5.82 Å². The molecule has 7 heteroatoms. The molecule has 4 aromatic rings. The monoisotopic (exact) mass is 590 g/mol. The number of hydrogen-bond acceptors (Lipinski definition) is 3. The van der Waals surface area contributed by atoms with Gasteiger partial charge >= 0.3 is 0 Å². The number of ether oxygens (including phenoxy) is 1. The van der Waals surface area contributed by atoms with Crippen molar-refractivity contribution < 1.29 is 18.7 Å². The second-order valence-electron chi connectivity index (χ2n) is 10.4. The topological polar surface area (TPSA) is 58.6 Å². The van der Waals surface area contributed by atoms with Crippen LogP contribution in [0.1, 0.15) is 31.9 Å². The predicted octanol–water partition coefficient (Wildman–Crippen LogP) is 6.68. The second kappa shape index (κ2) is 12.4. The van der Waals surface area contributed by atoms with Crippen LogP contribution in [0.4, 0.5) is 4.39 Å². The minimum absolute atomic E-state index is 0.0805. The Labute approximate surface area is 237 Å². The Morgan fingerprint density at radius 2 is 1.59 bits per heavy atom. The molecule has 0 aromatic heterocycles. The van der Waals surface area contributed by atoms with Gasteiger partial charge in [0.15, 0.2) is 6.61 Å². The number of halogens is 2. The number of carbonyl (C=O) groups excluding carboxylic acids is 2. The number of nitrogens with one attached hydrogen (secondary N) is 1. The van der Waals surface area contributed by atoms with Gasteiger partial charge in [-0.15, -0.1) is 0 Å². The number of rotatable bonds is 9. The summed E-state index contributed by atoms with van der Waals surface area (Å²) in [6, 6.07) is 26.4. The quantitative estimate of drug-likeness (QED) is 0.237. The maximum atomic E-state index is 14.8. The van der Waals surface area contributed by atoms with Gasteiger partial charge in [0.2, 0.25) is 5.91 Å². The van der Waals surface area contributed by atoms with Gasteiger partial charge in [-0.25, -0.2) is 4.39 Å². The van der Waals surface area contributed by atoms with E-state index in [1.807, 2.05) is 81.4 Å². The highest BCUT2D eigenvalue weighted by atomic mass is 79.9. The Morgan fingerprint density at radius 3 is 2.31 bits per heavy atom. The predicted molar refractivity (Wildman–Crippen MR) is 156 cm³/mol. The van der Waals surface area contributed by atoms with E-state index in [0.29, 0.717) is 11.3 Å². The maximum Gasteiger partial charge on any atom is 0.261 e. The minimum Gasteiger partial charge on any atom is -0.483 e. The van der Waals surface area contributed by atoms with Crippen molar-refractivity contribution in [2.24, 2.45) is 0 Å². The van der Waals surface area contributed by atoms with Crippen LogP contribution in [-0.4, -0.2) is 34.9 Å². The molecule has 1 atom stereocenters. The van der Waals surface area contributed by atoms with Gasteiger partial charge in [-0.1, -0.05) is 78.9 Å². The molecule has 4 rings (SSSR count). The van der Waals surface area contributed by atoms with Crippen LogP contribution in [-0.2, 0) is 22.6 Å². The van der Waals surface area contributed by atoms with E-state index in [4.69, 9.17) is 4.74 Å². The second-order valence-corrected chi connectivity index (χ2v) is 11.2. The van der Waals surface area contributed by atoms with E-state index < -0.39 is 23.3 Å². The smallest absolute Gasteiger partial charge is 0.261 e. The molecule has 4 aromatic carbocycles. The molecule has 5 nitrogen and oxygen atoms in total. The summed E-state index contributed by atoms with van der Waals surface area (Å²) in [5.74, 6) is -0.680. The molecule has 0 spiro atoms. The van der Waals surface area contributed by atoms with Gasteiger partial charge in [-0.05, 0) is 65.2 Å². The van der Waals surface area contributed by atoms with Gasteiger partial charge in [0.1, 0.15) is 17.6 Å². The summed E-state index contributed by atoms with van der Waals surface area (Å²) in [7, 11) is 0. The summed E-state index contributed by atoms with van der Waals surface area (Å²) in [6.45, 7) is 5.25. The molecule has 0 saturated carbocycles. The first kappa shape index (κ1) is 28.3. The fraction of sp³-hybridized carbons (Fsp3) is 0.250. The molecular weight excluding hydrogens is 559 g/mol. The number of carbonyl (C=O) groups is 2. The van der Waals surface area contributed by atoms with Crippen molar-refractivity contribution >= 4 is 38.5 Å². The van der Waals surface area contributed by atoms with Crippen LogP contribution in [0.15, 0.2) is 95.5 Å². The molecule has 0 radical (unpaired) electrons. The van der Waals surface area contributed by atoms with Crippen LogP contribution in [0.5, 0.6) is 5.75 Å². The lowest BCUT2D eigenvalue weighted by molar-refractivity contribution is -0.143. The number of hydrogen-bond donors (Lipinski definition) is 1. The molecule has 0 saturated heterocycles. The van der Waals surface area contributed by atoms with E-state index in [2.05, 4.69) is 21.2 Å². The Balaban J connectivity index is 1.66. The number of fused-ring (bicyclic) bond motifs is 1. The molecule has 2 amide bonds. The lowest BCUT2D eigenvalue weighted by atomic mass is 10.0. The van der Waals surface area contributed by atoms with Crippen LogP contribution in [0.3, 0.4) is 0 Å². The van der Waals surface area contributed by atoms with Crippen molar-refractivity contribution in [2.45, 2.75) is 45.3 Å². The van der Waals surface area contributed by atoms with Crippen LogP contribution in [0.25, 0.3) is 10.8 Å². The van der Waals surface area contributed by atoms with Gasteiger partial charge in [0.05, 0.1) is 4.47 Å². The Bertz CT molecular complexity index is 1450. The van der Waals surface area contributed by atoms with E-state index >= 15 is 0 Å². The maximum absolute atomic E-state index is 14.8. The molecule has 0 aliphatic heterocycles. The fourth-order valence-electron chi connectivity index (χ4n) is 4.36. The van der Waals surface area contributed by atoms with Crippen molar-refractivity contribution in [3.05, 3.63) is 112 Å². The lowest BCUT2D eigenvalue weighted by Crippen LogP contribution is -2.55. The Kier molecular flexibility index (Phi) is 9.02. The molecule has 202 valence electrons. The highest BCUT2D eigenvalue weighted by molar-refractivity contribution is 9.10. The van der Waals surface area contributed by atoms with E-state index in [1.54, 1.807) is 24.3 Å². The Morgan fingerprint density at radius 1 is 0.923 bits per heavy atom. The molecule has 1 N–H and O–H groups in total. The number of nitrogens with zero attached hydrogens (tertiary/aromatic N) is 1. The number of benzene rings is 4. The van der Waals surface area contributed by atoms with Gasteiger partial charge in [0.25, 0.3) is 5.91 Å². The third kappa shape index (κ3) is 7.45. The summed E-state index contributed by atoms with van der Waals surface area (Å²) in [5.41, 5.74) is 0.681. The van der Waals surface area contributed by atoms with Gasteiger partial charge in [-0.3, -0.25) is 9.59 Å². The van der Waals surface area contributed by atoms with Crippen LogP contribution >= 0.6 is 15.9 Å².